The summed E-state index contributed by atoms with van der Waals surface area (Å²) in [5, 5.41) is 0. The van der Waals surface area contributed by atoms with Crippen LogP contribution < -0.4 is 0 Å². The molecule has 0 nitrogen and oxygen atoms in total. The molecule has 1 heteroatoms. The fourth-order valence-electron chi connectivity index (χ4n) is 0. The zero-order valence-electron chi connectivity index (χ0n) is 4.73. The highest BCUT2D eigenvalue weighted by molar-refractivity contribution is 7.37. The van der Waals surface area contributed by atoms with Crippen molar-refractivity contribution < 1.29 is 0 Å². The van der Waals surface area contributed by atoms with Crippen LogP contribution in [0.4, 0.5) is 0 Å². The summed E-state index contributed by atoms with van der Waals surface area (Å²) >= 11 is 0. The molecule has 0 aromatic heterocycles. The van der Waals surface area contributed by atoms with Gasteiger partial charge in [-0.3, -0.25) is 0 Å². The first-order valence-corrected chi connectivity index (χ1v) is 2.27. The first-order valence-electron chi connectivity index (χ1n) is 2.27. The second-order valence-corrected chi connectivity index (χ2v) is 1.80. The molecule has 0 fully saturated rings. The van der Waals surface area contributed by atoms with Crippen LogP contribution in [-0.4, -0.2) is 0 Å². The predicted octanol–water partition coefficient (Wildman–Crippen LogP) is 1.78. The lowest BCUT2D eigenvalue weighted by Crippen LogP contribution is -1.77. The maximum Gasteiger partial charge on any atom is -0.0474 e. The third kappa shape index (κ3) is 8.84. The Hall–Kier alpha value is 0.350. The Balaban J connectivity index is 0. The summed E-state index contributed by atoms with van der Waals surface area (Å²) in [7, 11) is 0. The first kappa shape index (κ1) is 9.61. The standard InChI is InChI=1S/C5H12.H2S/c1-4-5(2)3;/h5H,4H2,1-3H3;1H2/p-1. The van der Waals surface area contributed by atoms with Crippen molar-refractivity contribution in [1.82, 2.24) is 0 Å². The number of hydrogen-bond acceptors (Lipinski definition) is 1. The van der Waals surface area contributed by atoms with Crippen LogP contribution in [0.15, 0.2) is 0 Å². The van der Waals surface area contributed by atoms with Crippen molar-refractivity contribution in [2.24, 2.45) is 5.92 Å². The minimum atomic E-state index is 0. The van der Waals surface area contributed by atoms with Crippen LogP contribution in [0, 0.1) is 5.92 Å². The molecule has 0 atom stereocenters. The highest BCUT2D eigenvalue weighted by Gasteiger charge is 1.80. The Bertz CT molecular complexity index is 17.9. The third-order valence-corrected chi connectivity index (χ3v) is 0.816. The Morgan fingerprint density at radius 1 is 1.33 bits per heavy atom. The molecule has 0 aromatic carbocycles. The van der Waals surface area contributed by atoms with Crippen molar-refractivity contribution in [3.05, 3.63) is 0 Å². The van der Waals surface area contributed by atoms with Crippen LogP contribution in [-0.2, 0) is 13.5 Å². The smallest absolute Gasteiger partial charge is 0.0474 e. The van der Waals surface area contributed by atoms with Gasteiger partial charge in [0.2, 0.25) is 0 Å². The zero-order chi connectivity index (χ0) is 4.28. The molecule has 0 heterocycles. The number of hydrogen-bond donors (Lipinski definition) is 0. The van der Waals surface area contributed by atoms with Crippen LogP contribution in [0.2, 0.25) is 0 Å². The molecule has 0 rings (SSSR count). The zero-order valence-corrected chi connectivity index (χ0v) is 5.63. The lowest BCUT2D eigenvalue weighted by molar-refractivity contribution is 0.626. The molecule has 0 saturated heterocycles. The van der Waals surface area contributed by atoms with Gasteiger partial charge in [0.1, 0.15) is 0 Å². The van der Waals surface area contributed by atoms with Gasteiger partial charge in [-0.25, -0.2) is 0 Å². The molecule has 40 valence electrons. The van der Waals surface area contributed by atoms with E-state index in [1.54, 1.807) is 0 Å². The van der Waals surface area contributed by atoms with Crippen LogP contribution in [0.25, 0.3) is 0 Å². The Labute approximate surface area is 47.4 Å². The van der Waals surface area contributed by atoms with E-state index in [-0.39, 0.29) is 13.5 Å². The summed E-state index contributed by atoms with van der Waals surface area (Å²) in [4.78, 5) is 0. The molecule has 0 aromatic rings. The number of rotatable bonds is 1. The van der Waals surface area contributed by atoms with Gasteiger partial charge < -0.3 is 13.5 Å². The molecule has 0 radical (unpaired) electrons. The topological polar surface area (TPSA) is 0 Å². The van der Waals surface area contributed by atoms with E-state index in [9.17, 15) is 0 Å². The largest absolute Gasteiger partial charge is 0.813 e. The molecule has 0 amide bonds. The van der Waals surface area contributed by atoms with Crippen LogP contribution in [0.5, 0.6) is 0 Å². The second-order valence-electron chi connectivity index (χ2n) is 1.80. The second kappa shape index (κ2) is 5.35. The Kier molecular flexibility index (Phi) is 8.56. The SMILES string of the molecule is CCC(C)C.[SH-]. The van der Waals surface area contributed by atoms with E-state index in [1.807, 2.05) is 0 Å². The lowest BCUT2D eigenvalue weighted by Gasteiger charge is -1.90. The minimum absolute atomic E-state index is 0. The van der Waals surface area contributed by atoms with E-state index < -0.39 is 0 Å². The summed E-state index contributed by atoms with van der Waals surface area (Å²) in [5.41, 5.74) is 0. The van der Waals surface area contributed by atoms with Crippen molar-refractivity contribution in [1.29, 1.82) is 0 Å². The van der Waals surface area contributed by atoms with Crippen molar-refractivity contribution in [2.45, 2.75) is 27.2 Å². The summed E-state index contributed by atoms with van der Waals surface area (Å²) in [6, 6.07) is 0. The van der Waals surface area contributed by atoms with Crippen molar-refractivity contribution in [2.75, 3.05) is 0 Å². The predicted molar refractivity (Wildman–Crippen MR) is 33.9 cm³/mol. The molecule has 0 spiro atoms. The molecule has 0 aliphatic heterocycles. The highest BCUT2D eigenvalue weighted by Crippen LogP contribution is 1.93. The van der Waals surface area contributed by atoms with Gasteiger partial charge in [0, 0.05) is 0 Å². The molecule has 6 heavy (non-hydrogen) atoms. The molecular weight excluding hydrogens is 92.1 g/mol. The molecule has 0 N–H and O–H groups in total. The number of thiol groups is 1. The fraction of sp³-hybridized carbons (Fsp3) is 1.00. The van der Waals surface area contributed by atoms with E-state index >= 15 is 0 Å². The van der Waals surface area contributed by atoms with Gasteiger partial charge in [0.15, 0.2) is 0 Å². The first-order chi connectivity index (χ1) is 2.27. The van der Waals surface area contributed by atoms with Gasteiger partial charge >= 0.3 is 0 Å². The molecule has 0 aliphatic rings. The average Bonchev–Trinajstić information content (AvgIpc) is 1.38. The van der Waals surface area contributed by atoms with Gasteiger partial charge in [-0.1, -0.05) is 27.2 Å². The van der Waals surface area contributed by atoms with Gasteiger partial charge in [0.05, 0.1) is 0 Å². The van der Waals surface area contributed by atoms with Crippen LogP contribution in [0.3, 0.4) is 0 Å². The molecule has 0 saturated carbocycles. The Morgan fingerprint density at radius 2 is 1.50 bits per heavy atom. The summed E-state index contributed by atoms with van der Waals surface area (Å²) in [5.74, 6) is 0.884. The average molecular weight is 105 g/mol. The quantitative estimate of drug-likeness (QED) is 0.362. The van der Waals surface area contributed by atoms with Gasteiger partial charge in [-0.05, 0) is 5.92 Å². The van der Waals surface area contributed by atoms with Crippen LogP contribution >= 0.6 is 0 Å². The van der Waals surface area contributed by atoms with E-state index in [0.717, 1.165) is 5.92 Å². The maximum atomic E-state index is 2.22. The van der Waals surface area contributed by atoms with E-state index in [2.05, 4.69) is 20.8 Å². The van der Waals surface area contributed by atoms with Gasteiger partial charge in [-0.2, -0.15) is 0 Å². The molecule has 0 bridgehead atoms. The minimum Gasteiger partial charge on any atom is -0.813 e. The molecule has 0 aliphatic carbocycles. The highest BCUT2D eigenvalue weighted by atomic mass is 32.1. The lowest BCUT2D eigenvalue weighted by atomic mass is 10.2. The third-order valence-electron chi connectivity index (χ3n) is 0.816. The van der Waals surface area contributed by atoms with E-state index in [0.29, 0.717) is 0 Å². The summed E-state index contributed by atoms with van der Waals surface area (Å²) in [6.45, 7) is 6.64. The van der Waals surface area contributed by atoms with Crippen molar-refractivity contribution in [3.63, 3.8) is 0 Å². The van der Waals surface area contributed by atoms with Crippen LogP contribution in [0.1, 0.15) is 27.2 Å². The van der Waals surface area contributed by atoms with E-state index in [4.69, 9.17) is 0 Å². The maximum absolute atomic E-state index is 2.22. The molecule has 0 unspecified atom stereocenters. The molecular formula is C5H13S-. The van der Waals surface area contributed by atoms with Gasteiger partial charge in [-0.15, -0.1) is 0 Å². The summed E-state index contributed by atoms with van der Waals surface area (Å²) in [6.07, 6.45) is 1.31. The monoisotopic (exact) mass is 105 g/mol. The van der Waals surface area contributed by atoms with Crippen molar-refractivity contribution in [3.8, 4) is 0 Å². The Morgan fingerprint density at radius 3 is 1.50 bits per heavy atom. The van der Waals surface area contributed by atoms with Crippen molar-refractivity contribution >= 4 is 13.5 Å². The fourth-order valence-corrected chi connectivity index (χ4v) is 0. The van der Waals surface area contributed by atoms with Gasteiger partial charge in [0.25, 0.3) is 0 Å². The van der Waals surface area contributed by atoms with E-state index in [1.165, 1.54) is 6.42 Å². The normalized spacial score (nSPS) is 8.00. The summed E-state index contributed by atoms with van der Waals surface area (Å²) < 4.78 is 0.